The van der Waals surface area contributed by atoms with Crippen LogP contribution >= 0.6 is 0 Å². The maximum absolute atomic E-state index is 7.13. The Labute approximate surface area is 57.9 Å². The Morgan fingerprint density at radius 3 is 1.43 bits per heavy atom. The molecule has 0 spiro atoms. The second kappa shape index (κ2) is 9.72. The van der Waals surface area contributed by atoms with Crippen molar-refractivity contribution in [3.8, 4) is 5.40 Å². The summed E-state index contributed by atoms with van der Waals surface area (Å²) in [6.07, 6.45) is 0. The van der Waals surface area contributed by atoms with Crippen LogP contribution in [0.15, 0.2) is 0 Å². The van der Waals surface area contributed by atoms with Crippen LogP contribution in [0.2, 0.25) is 14.8 Å². The van der Waals surface area contributed by atoms with Gasteiger partial charge in [0.2, 0.25) is 0 Å². The van der Waals surface area contributed by atoms with Crippen molar-refractivity contribution in [3.63, 3.8) is 0 Å². The minimum absolute atomic E-state index is 0.543. The predicted molar refractivity (Wildman–Crippen MR) is 36.3 cm³/mol. The van der Waals surface area contributed by atoms with E-state index >= 15 is 0 Å². The average Bonchev–Trinajstić information content (AvgIpc) is 1.33. The summed E-state index contributed by atoms with van der Waals surface area (Å²) in [5, 5.41) is 8.47. The van der Waals surface area contributed by atoms with Crippen LogP contribution < -0.4 is 0 Å². The quantitative estimate of drug-likeness (QED) is 0.351. The van der Waals surface area contributed by atoms with Crippen molar-refractivity contribution >= 4 is 32.4 Å². The molecule has 1 nitrogen and oxygen atoms in total. The molecule has 3 heteroatoms. The summed E-state index contributed by atoms with van der Waals surface area (Å²) in [6, 6.07) is 0. The third kappa shape index (κ3) is 511. The number of thiocyanates is 1. The third-order valence-electron chi connectivity index (χ3n) is 0. The maximum atomic E-state index is 7.13. The molecule has 0 bridgehead atoms. The first kappa shape index (κ1) is 10.5. The molecule has 0 amide bonds. The van der Waals surface area contributed by atoms with Gasteiger partial charge in [0.15, 0.2) is 0 Å². The molecule has 0 aromatic rings. The van der Waals surface area contributed by atoms with Crippen molar-refractivity contribution in [2.24, 2.45) is 0 Å². The minimum atomic E-state index is -0.543. The summed E-state index contributed by atoms with van der Waals surface area (Å²) in [4.78, 5) is 7.09. The van der Waals surface area contributed by atoms with Crippen molar-refractivity contribution in [2.45, 2.75) is 14.8 Å². The van der Waals surface area contributed by atoms with Crippen LogP contribution in [0, 0.1) is 10.7 Å². The molecule has 0 aromatic heterocycles. The topological polar surface area (TPSA) is 23.8 Å². The van der Waals surface area contributed by atoms with Crippen molar-refractivity contribution in [1.29, 1.82) is 5.26 Å². The van der Waals surface area contributed by atoms with Crippen LogP contribution in [0.4, 0.5) is 0 Å². The Balaban J connectivity index is 0. The normalized spacial score (nSPS) is 6.14. The van der Waals surface area contributed by atoms with Crippen molar-refractivity contribution in [1.82, 2.24) is 0 Å². The molecule has 1 radical (unpaired) electrons. The van der Waals surface area contributed by atoms with E-state index < -0.39 is 19.8 Å². The number of rotatable bonds is 0. The van der Waals surface area contributed by atoms with Crippen LogP contribution in [-0.4, -0.2) is 19.8 Å². The fourth-order valence-corrected chi connectivity index (χ4v) is 0. The van der Waals surface area contributed by atoms with E-state index in [2.05, 4.69) is 27.4 Å². The van der Waals surface area contributed by atoms with E-state index in [0.29, 0.717) is 0 Å². The Hall–Kier alpha value is 0.509. The second-order valence-corrected chi connectivity index (χ2v) is 10.3. The van der Waals surface area contributed by atoms with Gasteiger partial charge in [-0.2, -0.15) is 0 Å². The summed E-state index contributed by atoms with van der Waals surface area (Å²) < 4.78 is 0. The summed E-state index contributed by atoms with van der Waals surface area (Å²) in [5.41, 5.74) is 0. The van der Waals surface area contributed by atoms with E-state index in [1.54, 1.807) is 0 Å². The van der Waals surface area contributed by atoms with E-state index in [9.17, 15) is 0 Å². The van der Waals surface area contributed by atoms with E-state index in [4.69, 9.17) is 5.26 Å². The zero-order valence-electron chi connectivity index (χ0n) is 4.86. The predicted octanol–water partition coefficient (Wildman–Crippen LogP) is 1.38. The first-order chi connectivity index (χ1) is 3.15. The molecular formula is C4H9NSSn-. The summed E-state index contributed by atoms with van der Waals surface area (Å²) in [5.74, 6) is 0. The van der Waals surface area contributed by atoms with Crippen LogP contribution in [0.3, 0.4) is 0 Å². The number of hydrogen-bond donors (Lipinski definition) is 0. The molecule has 0 aliphatic carbocycles. The number of nitriles is 1. The fourth-order valence-electron chi connectivity index (χ4n) is 0. The summed E-state index contributed by atoms with van der Waals surface area (Å²) in [6.45, 7) is 0. The van der Waals surface area contributed by atoms with Crippen LogP contribution in [0.1, 0.15) is 0 Å². The standard InChI is InChI=1S/CHNS.3CH3.Sn/c2-1-3;;;;/h3H;3*1H3;/p-1. The van der Waals surface area contributed by atoms with Gasteiger partial charge < -0.3 is 12.6 Å². The van der Waals surface area contributed by atoms with Gasteiger partial charge in [-0.15, -0.1) is 0 Å². The van der Waals surface area contributed by atoms with Gasteiger partial charge in [0, 0.05) is 0 Å². The van der Waals surface area contributed by atoms with Crippen LogP contribution in [-0.2, 0) is 12.6 Å². The van der Waals surface area contributed by atoms with E-state index in [1.807, 2.05) is 0 Å². The van der Waals surface area contributed by atoms with Gasteiger partial charge in [0.25, 0.3) is 0 Å². The van der Waals surface area contributed by atoms with Crippen molar-refractivity contribution in [3.05, 3.63) is 0 Å². The average molecular weight is 222 g/mol. The summed E-state index contributed by atoms with van der Waals surface area (Å²) in [7, 11) is 0. The molecule has 0 heterocycles. The Morgan fingerprint density at radius 1 is 1.43 bits per heavy atom. The molecule has 0 aliphatic heterocycles. The molecule has 0 rings (SSSR count). The summed E-state index contributed by atoms with van der Waals surface area (Å²) >= 11 is 3.16. The molecule has 41 valence electrons. The van der Waals surface area contributed by atoms with Crippen molar-refractivity contribution in [2.75, 3.05) is 0 Å². The Bertz CT molecular complexity index is 54.4. The van der Waals surface area contributed by atoms with Gasteiger partial charge in [-0.3, -0.25) is 0 Å². The van der Waals surface area contributed by atoms with Gasteiger partial charge in [-0.25, -0.2) is 5.26 Å². The Morgan fingerprint density at radius 2 is 1.43 bits per heavy atom. The van der Waals surface area contributed by atoms with Gasteiger partial charge >= 0.3 is 34.6 Å². The molecular weight excluding hydrogens is 213 g/mol. The zero-order valence-corrected chi connectivity index (χ0v) is 8.53. The molecule has 0 aliphatic rings. The van der Waals surface area contributed by atoms with Gasteiger partial charge in [-0.05, 0) is 0 Å². The SMILES string of the molecule is N#C[S-].[CH3][Sn]([CH3])[CH3]. The molecule has 0 saturated heterocycles. The molecule has 0 N–H and O–H groups in total. The zero-order chi connectivity index (χ0) is 6.28. The van der Waals surface area contributed by atoms with E-state index in [0.717, 1.165) is 0 Å². The first-order valence-corrected chi connectivity index (χ1v) is 10.9. The second-order valence-electron chi connectivity index (χ2n) is 1.59. The fraction of sp³-hybridized carbons (Fsp3) is 0.750. The molecule has 0 unspecified atom stereocenters. The van der Waals surface area contributed by atoms with Gasteiger partial charge in [0.1, 0.15) is 0 Å². The van der Waals surface area contributed by atoms with E-state index in [1.165, 1.54) is 5.40 Å². The monoisotopic (exact) mass is 223 g/mol. The number of nitrogens with zero attached hydrogens (tertiary/aromatic N) is 1. The molecule has 0 aromatic carbocycles. The number of hydrogen-bond acceptors (Lipinski definition) is 2. The molecule has 0 fully saturated rings. The third-order valence-corrected chi connectivity index (χ3v) is 0. The Kier molecular flexibility index (Phi) is 14.5. The van der Waals surface area contributed by atoms with Gasteiger partial charge in [-0.1, -0.05) is 5.40 Å². The van der Waals surface area contributed by atoms with Gasteiger partial charge in [0.05, 0.1) is 0 Å². The van der Waals surface area contributed by atoms with E-state index in [-0.39, 0.29) is 0 Å². The van der Waals surface area contributed by atoms with Crippen LogP contribution in [0.5, 0.6) is 0 Å². The molecule has 0 saturated carbocycles. The van der Waals surface area contributed by atoms with Crippen LogP contribution in [0.25, 0.3) is 0 Å². The molecule has 7 heavy (non-hydrogen) atoms. The first-order valence-electron chi connectivity index (χ1n) is 1.93. The molecule has 0 atom stereocenters. The van der Waals surface area contributed by atoms with Crippen molar-refractivity contribution < 1.29 is 0 Å².